The Balaban J connectivity index is 1.53. The molecule has 2 aromatic carbocycles. The molecule has 0 saturated heterocycles. The molecule has 0 aliphatic heterocycles. The van der Waals surface area contributed by atoms with Gasteiger partial charge in [-0.05, 0) is 35.2 Å². The molecule has 2 aromatic rings. The van der Waals surface area contributed by atoms with Crippen molar-refractivity contribution < 1.29 is 18.3 Å². The van der Waals surface area contributed by atoms with Crippen LogP contribution >= 0.6 is 0 Å². The van der Waals surface area contributed by atoms with Crippen LogP contribution in [0.4, 0.5) is 0 Å². The van der Waals surface area contributed by atoms with Crippen molar-refractivity contribution in [3.8, 4) is 5.75 Å². The van der Waals surface area contributed by atoms with Crippen molar-refractivity contribution in [2.24, 2.45) is 0 Å². The summed E-state index contributed by atoms with van der Waals surface area (Å²) in [5, 5.41) is 10.7. The number of ether oxygens (including phenoxy) is 1. The quantitative estimate of drug-likeness (QED) is 0.787. The summed E-state index contributed by atoms with van der Waals surface area (Å²) in [5.74, 6) is 0.732. The lowest BCUT2D eigenvalue weighted by molar-refractivity contribution is 0.0567. The number of nitrogens with one attached hydrogen (secondary N) is 1. The fourth-order valence-electron chi connectivity index (χ4n) is 3.16. The monoisotopic (exact) mass is 361 g/mol. The number of aliphatic hydroxyl groups is 1. The van der Waals surface area contributed by atoms with Crippen LogP contribution in [0, 0.1) is 0 Å². The Hall–Kier alpha value is -1.89. The number of benzene rings is 2. The molecule has 0 radical (unpaired) electrons. The molecule has 0 heterocycles. The van der Waals surface area contributed by atoms with Gasteiger partial charge in [0, 0.05) is 19.4 Å². The van der Waals surface area contributed by atoms with Crippen LogP contribution in [-0.4, -0.2) is 38.5 Å². The van der Waals surface area contributed by atoms with Gasteiger partial charge >= 0.3 is 0 Å². The molecule has 1 aliphatic rings. The van der Waals surface area contributed by atoms with Crippen molar-refractivity contribution >= 4 is 10.0 Å². The van der Waals surface area contributed by atoms with Gasteiger partial charge in [0.25, 0.3) is 0 Å². The molecular weight excluding hydrogens is 338 g/mol. The Morgan fingerprint density at radius 1 is 1.08 bits per heavy atom. The highest BCUT2D eigenvalue weighted by Gasteiger charge is 2.35. The number of fused-ring (bicyclic) bond motifs is 1. The van der Waals surface area contributed by atoms with Gasteiger partial charge in [-0.25, -0.2) is 13.1 Å². The predicted molar refractivity (Wildman–Crippen MR) is 97.3 cm³/mol. The number of hydrogen-bond donors (Lipinski definition) is 2. The molecule has 0 aromatic heterocycles. The summed E-state index contributed by atoms with van der Waals surface area (Å²) in [5.41, 5.74) is 2.06. The van der Waals surface area contributed by atoms with Crippen LogP contribution in [0.1, 0.15) is 16.7 Å². The highest BCUT2D eigenvalue weighted by Crippen LogP contribution is 2.29. The van der Waals surface area contributed by atoms with E-state index in [9.17, 15) is 13.5 Å². The van der Waals surface area contributed by atoms with Gasteiger partial charge in [-0.3, -0.25) is 0 Å². The van der Waals surface area contributed by atoms with Crippen LogP contribution in [0.15, 0.2) is 48.5 Å². The van der Waals surface area contributed by atoms with E-state index in [1.54, 1.807) is 7.11 Å². The molecule has 134 valence electrons. The van der Waals surface area contributed by atoms with E-state index >= 15 is 0 Å². The maximum absolute atomic E-state index is 12.3. The van der Waals surface area contributed by atoms with Gasteiger partial charge in [-0.15, -0.1) is 0 Å². The van der Waals surface area contributed by atoms with E-state index in [0.29, 0.717) is 19.3 Å². The average molecular weight is 361 g/mol. The van der Waals surface area contributed by atoms with Gasteiger partial charge in [-0.2, -0.15) is 0 Å². The molecule has 0 amide bonds. The molecule has 1 aliphatic carbocycles. The molecule has 3 rings (SSSR count). The molecule has 0 atom stereocenters. The highest BCUT2D eigenvalue weighted by molar-refractivity contribution is 7.89. The molecule has 0 spiro atoms. The maximum atomic E-state index is 12.3. The first-order valence-corrected chi connectivity index (χ1v) is 9.94. The van der Waals surface area contributed by atoms with E-state index in [1.807, 2.05) is 48.5 Å². The minimum atomic E-state index is -3.45. The largest absolute Gasteiger partial charge is 0.497 e. The first-order valence-electron chi connectivity index (χ1n) is 8.29. The van der Waals surface area contributed by atoms with Crippen LogP contribution in [0.25, 0.3) is 0 Å². The standard InChI is InChI=1S/C19H23NO4S/c1-24-18-8-6-15(7-9-18)10-11-25(22,23)20-14-19(21)12-16-4-2-3-5-17(16)13-19/h2-9,20-21H,10-14H2,1H3. The number of aryl methyl sites for hydroxylation is 1. The van der Waals surface area contributed by atoms with E-state index in [-0.39, 0.29) is 12.3 Å². The second-order valence-electron chi connectivity index (χ2n) is 6.58. The molecule has 5 nitrogen and oxygen atoms in total. The van der Waals surface area contributed by atoms with E-state index in [1.165, 1.54) is 0 Å². The summed E-state index contributed by atoms with van der Waals surface area (Å²) in [6.07, 6.45) is 1.37. The minimum Gasteiger partial charge on any atom is -0.497 e. The molecule has 0 bridgehead atoms. The summed E-state index contributed by atoms with van der Waals surface area (Å²) in [6.45, 7) is 0.0344. The van der Waals surface area contributed by atoms with Crippen LogP contribution in [0.5, 0.6) is 5.75 Å². The van der Waals surface area contributed by atoms with Gasteiger partial charge in [0.1, 0.15) is 5.75 Å². The van der Waals surface area contributed by atoms with Gasteiger partial charge in [0.2, 0.25) is 10.0 Å². The van der Waals surface area contributed by atoms with Crippen LogP contribution in [0.3, 0.4) is 0 Å². The number of methoxy groups -OCH3 is 1. The summed E-state index contributed by atoms with van der Waals surface area (Å²) >= 11 is 0. The zero-order chi connectivity index (χ0) is 17.9. The topological polar surface area (TPSA) is 75.6 Å². The summed E-state index contributed by atoms with van der Waals surface area (Å²) in [6, 6.07) is 15.2. The first kappa shape index (κ1) is 17.9. The van der Waals surface area contributed by atoms with Crippen molar-refractivity contribution in [1.82, 2.24) is 4.72 Å². The van der Waals surface area contributed by atoms with E-state index in [2.05, 4.69) is 4.72 Å². The fourth-order valence-corrected chi connectivity index (χ4v) is 4.30. The van der Waals surface area contributed by atoms with E-state index in [4.69, 9.17) is 4.74 Å². The van der Waals surface area contributed by atoms with E-state index in [0.717, 1.165) is 22.4 Å². The molecule has 0 fully saturated rings. The van der Waals surface area contributed by atoms with Crippen molar-refractivity contribution in [3.63, 3.8) is 0 Å². The third-order valence-corrected chi connectivity index (χ3v) is 5.92. The van der Waals surface area contributed by atoms with Gasteiger partial charge in [-0.1, -0.05) is 36.4 Å². The Labute approximate surface area is 148 Å². The predicted octanol–water partition coefficient (Wildman–Crippen LogP) is 1.69. The van der Waals surface area contributed by atoms with Crippen molar-refractivity contribution in [1.29, 1.82) is 0 Å². The Morgan fingerprint density at radius 2 is 1.68 bits per heavy atom. The Morgan fingerprint density at radius 3 is 2.24 bits per heavy atom. The molecule has 0 unspecified atom stereocenters. The fraction of sp³-hybridized carbons (Fsp3) is 0.368. The first-order chi connectivity index (χ1) is 11.9. The van der Waals surface area contributed by atoms with E-state index < -0.39 is 15.6 Å². The van der Waals surface area contributed by atoms with Crippen molar-refractivity contribution in [3.05, 3.63) is 65.2 Å². The van der Waals surface area contributed by atoms with Gasteiger partial charge in [0.15, 0.2) is 0 Å². The summed E-state index contributed by atoms with van der Waals surface area (Å²) in [4.78, 5) is 0. The zero-order valence-corrected chi connectivity index (χ0v) is 15.1. The minimum absolute atomic E-state index is 0.0116. The lowest BCUT2D eigenvalue weighted by Crippen LogP contribution is -2.44. The third kappa shape index (κ3) is 4.60. The normalized spacial score (nSPS) is 15.8. The van der Waals surface area contributed by atoms with Crippen molar-refractivity contribution in [2.75, 3.05) is 19.4 Å². The van der Waals surface area contributed by atoms with Gasteiger partial charge < -0.3 is 9.84 Å². The molecule has 2 N–H and O–H groups in total. The molecule has 0 saturated carbocycles. The summed E-state index contributed by atoms with van der Waals surface area (Å²) in [7, 11) is -1.86. The maximum Gasteiger partial charge on any atom is 0.212 e. The smallest absolute Gasteiger partial charge is 0.212 e. The average Bonchev–Trinajstić information content (AvgIpc) is 2.96. The molecule has 6 heteroatoms. The zero-order valence-electron chi connectivity index (χ0n) is 14.2. The Kier molecular flexibility index (Phi) is 5.13. The number of rotatable bonds is 7. The van der Waals surface area contributed by atoms with Crippen LogP contribution < -0.4 is 9.46 Å². The van der Waals surface area contributed by atoms with Crippen LogP contribution in [0.2, 0.25) is 0 Å². The second kappa shape index (κ2) is 7.15. The SMILES string of the molecule is COc1ccc(CCS(=O)(=O)NCC2(O)Cc3ccccc3C2)cc1. The molecule has 25 heavy (non-hydrogen) atoms. The lowest BCUT2D eigenvalue weighted by atomic mass is 10.0. The third-order valence-electron chi connectivity index (χ3n) is 4.60. The Bertz CT molecular complexity index is 806. The van der Waals surface area contributed by atoms with Crippen LogP contribution in [-0.2, 0) is 29.3 Å². The second-order valence-corrected chi connectivity index (χ2v) is 8.51. The number of hydrogen-bond acceptors (Lipinski definition) is 4. The summed E-state index contributed by atoms with van der Waals surface area (Å²) < 4.78 is 32.2. The number of sulfonamides is 1. The van der Waals surface area contributed by atoms with Gasteiger partial charge in [0.05, 0.1) is 18.5 Å². The molecular formula is C19H23NO4S. The van der Waals surface area contributed by atoms with Crippen molar-refractivity contribution in [2.45, 2.75) is 24.9 Å². The highest BCUT2D eigenvalue weighted by atomic mass is 32.2. The lowest BCUT2D eigenvalue weighted by Gasteiger charge is -2.22.